The number of ether oxygens (including phenoxy) is 1. The van der Waals surface area contributed by atoms with Crippen molar-refractivity contribution in [3.8, 4) is 5.75 Å². The fourth-order valence-electron chi connectivity index (χ4n) is 2.82. The number of para-hydroxylation sites is 1. The predicted molar refractivity (Wildman–Crippen MR) is 113 cm³/mol. The number of anilines is 1. The average Bonchev–Trinajstić information content (AvgIpc) is 3.23. The topological polar surface area (TPSA) is 42.3 Å². The Morgan fingerprint density at radius 1 is 1.21 bits per heavy atom. The Balaban J connectivity index is 1.68. The molecule has 1 aromatic heterocycles. The van der Waals surface area contributed by atoms with Crippen LogP contribution in [-0.2, 0) is 13.1 Å². The summed E-state index contributed by atoms with van der Waals surface area (Å²) in [6.45, 7) is 2.18. The molecular formula is C21H23FN4OS. The molecule has 0 bridgehead atoms. The molecular weight excluding hydrogens is 375 g/mol. The normalized spacial score (nSPS) is 10.5. The number of benzene rings is 2. The van der Waals surface area contributed by atoms with Crippen molar-refractivity contribution in [1.29, 1.82) is 0 Å². The third kappa shape index (κ3) is 5.53. The average molecular weight is 399 g/mol. The summed E-state index contributed by atoms with van der Waals surface area (Å²) in [5.41, 5.74) is 1.47. The highest BCUT2D eigenvalue weighted by Gasteiger charge is 2.12. The van der Waals surface area contributed by atoms with Crippen molar-refractivity contribution >= 4 is 23.0 Å². The van der Waals surface area contributed by atoms with E-state index in [1.165, 1.54) is 6.07 Å². The zero-order chi connectivity index (χ0) is 19.8. The highest BCUT2D eigenvalue weighted by Crippen LogP contribution is 2.16. The van der Waals surface area contributed by atoms with E-state index < -0.39 is 0 Å². The second kappa shape index (κ2) is 9.85. The number of hydrogen-bond donors (Lipinski definition) is 1. The first-order chi connectivity index (χ1) is 13.7. The lowest BCUT2D eigenvalue weighted by molar-refractivity contribution is 0.394. The van der Waals surface area contributed by atoms with Crippen molar-refractivity contribution in [1.82, 2.24) is 14.5 Å². The number of halogens is 1. The molecule has 3 aromatic rings. The third-order valence-electron chi connectivity index (χ3n) is 4.34. The van der Waals surface area contributed by atoms with Gasteiger partial charge in [0, 0.05) is 32.0 Å². The molecule has 0 aliphatic carbocycles. The Kier molecular flexibility index (Phi) is 6.97. The van der Waals surface area contributed by atoms with Crippen LogP contribution in [0.4, 0.5) is 10.1 Å². The van der Waals surface area contributed by atoms with Gasteiger partial charge < -0.3 is 19.5 Å². The zero-order valence-corrected chi connectivity index (χ0v) is 16.5. The van der Waals surface area contributed by atoms with Crippen LogP contribution in [0.3, 0.4) is 0 Å². The van der Waals surface area contributed by atoms with E-state index in [9.17, 15) is 4.39 Å². The summed E-state index contributed by atoms with van der Waals surface area (Å²) < 4.78 is 21.2. The summed E-state index contributed by atoms with van der Waals surface area (Å²) >= 11 is 5.58. The summed E-state index contributed by atoms with van der Waals surface area (Å²) in [6, 6.07) is 14.4. The lowest BCUT2D eigenvalue weighted by Gasteiger charge is -2.26. The first-order valence-corrected chi connectivity index (χ1v) is 9.45. The monoisotopic (exact) mass is 398 g/mol. The molecule has 0 spiro atoms. The Morgan fingerprint density at radius 3 is 2.68 bits per heavy atom. The van der Waals surface area contributed by atoms with E-state index in [4.69, 9.17) is 17.0 Å². The minimum atomic E-state index is -0.326. The lowest BCUT2D eigenvalue weighted by atomic mass is 10.2. The van der Waals surface area contributed by atoms with Gasteiger partial charge in [0.05, 0.1) is 19.1 Å². The maximum absolute atomic E-state index is 14.0. The Morgan fingerprint density at radius 2 is 2.00 bits per heavy atom. The Labute approximate surface area is 169 Å². The van der Waals surface area contributed by atoms with E-state index in [0.717, 1.165) is 30.8 Å². The number of hydrogen-bond acceptors (Lipinski definition) is 3. The zero-order valence-electron chi connectivity index (χ0n) is 15.7. The molecule has 3 rings (SSSR count). The van der Waals surface area contributed by atoms with E-state index >= 15 is 0 Å². The quantitative estimate of drug-likeness (QED) is 0.573. The maximum Gasteiger partial charge on any atom is 0.173 e. The number of aromatic nitrogens is 2. The minimum absolute atomic E-state index is 0.326. The summed E-state index contributed by atoms with van der Waals surface area (Å²) in [5, 5.41) is 3.53. The highest BCUT2D eigenvalue weighted by molar-refractivity contribution is 7.80. The number of nitrogens with one attached hydrogen (secondary N) is 1. The predicted octanol–water partition coefficient (Wildman–Crippen LogP) is 4.32. The molecule has 0 aliphatic rings. The minimum Gasteiger partial charge on any atom is -0.497 e. The van der Waals surface area contributed by atoms with E-state index in [0.29, 0.717) is 17.3 Å². The third-order valence-corrected chi connectivity index (χ3v) is 4.70. The van der Waals surface area contributed by atoms with Crippen molar-refractivity contribution in [2.24, 2.45) is 0 Å². The van der Waals surface area contributed by atoms with Gasteiger partial charge in [-0.15, -0.1) is 0 Å². The smallest absolute Gasteiger partial charge is 0.173 e. The van der Waals surface area contributed by atoms with Crippen LogP contribution in [0, 0.1) is 5.82 Å². The molecule has 2 aromatic carbocycles. The molecule has 1 N–H and O–H groups in total. The van der Waals surface area contributed by atoms with Gasteiger partial charge >= 0.3 is 0 Å². The van der Waals surface area contributed by atoms with Gasteiger partial charge in [0.2, 0.25) is 0 Å². The van der Waals surface area contributed by atoms with Crippen molar-refractivity contribution < 1.29 is 9.13 Å². The molecule has 146 valence electrons. The largest absolute Gasteiger partial charge is 0.497 e. The number of aryl methyl sites for hydroxylation is 1. The standard InChI is InChI=1S/C21H23FN4OS/c1-27-18-9-7-17(8-10-18)15-26(13-4-12-25-14-11-23-16-25)21(28)24-20-6-3-2-5-19(20)22/h2-3,5-11,14,16H,4,12-13,15H2,1H3,(H,24,28). The van der Waals surface area contributed by atoms with Crippen LogP contribution >= 0.6 is 12.2 Å². The second-order valence-electron chi connectivity index (χ2n) is 6.33. The van der Waals surface area contributed by atoms with E-state index in [-0.39, 0.29) is 5.82 Å². The van der Waals surface area contributed by atoms with Crippen molar-refractivity contribution in [3.63, 3.8) is 0 Å². The molecule has 0 atom stereocenters. The molecule has 28 heavy (non-hydrogen) atoms. The number of rotatable bonds is 8. The Hall–Kier alpha value is -2.93. The molecule has 5 nitrogen and oxygen atoms in total. The second-order valence-corrected chi connectivity index (χ2v) is 6.72. The van der Waals surface area contributed by atoms with Crippen LogP contribution in [0.1, 0.15) is 12.0 Å². The SMILES string of the molecule is COc1ccc(CN(CCCn2ccnc2)C(=S)Nc2ccccc2F)cc1. The number of nitrogens with zero attached hydrogens (tertiary/aromatic N) is 3. The van der Waals surface area contributed by atoms with Crippen LogP contribution in [0.15, 0.2) is 67.3 Å². The van der Waals surface area contributed by atoms with Crippen LogP contribution in [0.25, 0.3) is 0 Å². The number of methoxy groups -OCH3 is 1. The van der Waals surface area contributed by atoms with Gasteiger partial charge in [0.1, 0.15) is 11.6 Å². The van der Waals surface area contributed by atoms with Gasteiger partial charge in [-0.1, -0.05) is 24.3 Å². The van der Waals surface area contributed by atoms with Crippen molar-refractivity contribution in [2.75, 3.05) is 19.0 Å². The van der Waals surface area contributed by atoms with Gasteiger partial charge in [-0.05, 0) is 48.5 Å². The number of thiocarbonyl (C=S) groups is 1. The van der Waals surface area contributed by atoms with Crippen molar-refractivity contribution in [2.45, 2.75) is 19.5 Å². The van der Waals surface area contributed by atoms with Crippen LogP contribution in [-0.4, -0.2) is 33.2 Å². The van der Waals surface area contributed by atoms with Gasteiger partial charge in [-0.25, -0.2) is 9.37 Å². The highest BCUT2D eigenvalue weighted by atomic mass is 32.1. The summed E-state index contributed by atoms with van der Waals surface area (Å²) in [5.74, 6) is 0.482. The van der Waals surface area contributed by atoms with Crippen molar-refractivity contribution in [3.05, 3.63) is 78.6 Å². The molecule has 0 radical (unpaired) electrons. The van der Waals surface area contributed by atoms with E-state index in [2.05, 4.69) is 10.3 Å². The van der Waals surface area contributed by atoms with E-state index in [1.807, 2.05) is 39.9 Å². The summed E-state index contributed by atoms with van der Waals surface area (Å²) in [4.78, 5) is 6.10. The molecule has 0 unspecified atom stereocenters. The fourth-order valence-corrected chi connectivity index (χ4v) is 3.09. The summed E-state index contributed by atoms with van der Waals surface area (Å²) in [7, 11) is 1.64. The maximum atomic E-state index is 14.0. The van der Waals surface area contributed by atoms with Gasteiger partial charge in [0.15, 0.2) is 5.11 Å². The fraction of sp³-hybridized carbons (Fsp3) is 0.238. The van der Waals surface area contributed by atoms with Gasteiger partial charge in [0.25, 0.3) is 0 Å². The molecule has 0 saturated heterocycles. The molecule has 0 saturated carbocycles. The van der Waals surface area contributed by atoms with Crippen LogP contribution in [0.5, 0.6) is 5.75 Å². The van der Waals surface area contributed by atoms with E-state index in [1.54, 1.807) is 37.8 Å². The van der Waals surface area contributed by atoms with Crippen LogP contribution in [0.2, 0.25) is 0 Å². The first kappa shape index (κ1) is 19.8. The molecule has 1 heterocycles. The van der Waals surface area contributed by atoms with Gasteiger partial charge in [-0.3, -0.25) is 0 Å². The van der Waals surface area contributed by atoms with Crippen LogP contribution < -0.4 is 10.1 Å². The Bertz CT molecular complexity index is 884. The first-order valence-electron chi connectivity index (χ1n) is 9.05. The van der Waals surface area contributed by atoms with Gasteiger partial charge in [-0.2, -0.15) is 0 Å². The summed E-state index contributed by atoms with van der Waals surface area (Å²) in [6.07, 6.45) is 6.37. The lowest BCUT2D eigenvalue weighted by Crippen LogP contribution is -2.35. The molecule has 7 heteroatoms. The molecule has 0 fully saturated rings. The molecule has 0 aliphatic heterocycles. The molecule has 0 amide bonds. The number of imidazole rings is 1.